The number of nitrogens with zero attached hydrogens (tertiary/aromatic N) is 1. The van der Waals surface area contributed by atoms with Crippen LogP contribution in [0.1, 0.15) is 70.5 Å². The van der Waals surface area contributed by atoms with Gasteiger partial charge in [-0.1, -0.05) is 46.0 Å². The number of hydrogen-bond donors (Lipinski definition) is 1. The van der Waals surface area contributed by atoms with Gasteiger partial charge < -0.3 is 4.98 Å². The molecule has 0 aromatic carbocycles. The highest BCUT2D eigenvalue weighted by atomic mass is 19.1. The Morgan fingerprint density at radius 3 is 2.40 bits per heavy atom. The molecular weight excluding hydrogens is 259 g/mol. The molecule has 0 bridgehead atoms. The molecule has 1 atom stereocenters. The van der Waals surface area contributed by atoms with Crippen LogP contribution in [0, 0.1) is 12.7 Å². The minimum atomic E-state index is -0.848. The van der Waals surface area contributed by atoms with E-state index in [0.29, 0.717) is 0 Å². The van der Waals surface area contributed by atoms with Crippen LogP contribution < -0.4 is 11.2 Å². The Morgan fingerprint density at radius 2 is 1.80 bits per heavy atom. The number of aryl methyl sites for hydroxylation is 1. The molecular formula is C15H25FN2O2. The van der Waals surface area contributed by atoms with Gasteiger partial charge in [0, 0.05) is 6.04 Å². The second-order valence-corrected chi connectivity index (χ2v) is 5.34. The Balaban J connectivity index is 3.00. The molecule has 0 aliphatic rings. The maximum absolute atomic E-state index is 13.7. The van der Waals surface area contributed by atoms with Gasteiger partial charge in [-0.25, -0.2) is 4.79 Å². The topological polar surface area (TPSA) is 54.9 Å². The highest BCUT2D eigenvalue weighted by Gasteiger charge is 2.18. The van der Waals surface area contributed by atoms with Crippen LogP contribution in [-0.2, 0) is 0 Å². The highest BCUT2D eigenvalue weighted by molar-refractivity contribution is 5.01. The molecule has 1 rings (SSSR count). The number of aromatic nitrogens is 2. The normalized spacial score (nSPS) is 12.6. The van der Waals surface area contributed by atoms with E-state index in [4.69, 9.17) is 0 Å². The van der Waals surface area contributed by atoms with Gasteiger partial charge in [0.05, 0.1) is 5.69 Å². The van der Waals surface area contributed by atoms with Gasteiger partial charge in [-0.3, -0.25) is 9.36 Å². The fraction of sp³-hybridized carbons (Fsp3) is 0.733. The van der Waals surface area contributed by atoms with E-state index in [1.54, 1.807) is 0 Å². The summed E-state index contributed by atoms with van der Waals surface area (Å²) in [6.45, 7) is 5.54. The lowest BCUT2D eigenvalue weighted by atomic mass is 10.0. The third-order valence-corrected chi connectivity index (χ3v) is 3.63. The SMILES string of the molecule is CCCCCCC(CCC)n1c(=O)[nH]c(C)c(F)c1=O. The van der Waals surface area contributed by atoms with Crippen molar-refractivity contribution in [1.82, 2.24) is 9.55 Å². The highest BCUT2D eigenvalue weighted by Crippen LogP contribution is 2.19. The number of hydrogen-bond acceptors (Lipinski definition) is 2. The Labute approximate surface area is 119 Å². The number of rotatable bonds is 8. The molecule has 1 N–H and O–H groups in total. The van der Waals surface area contributed by atoms with E-state index in [-0.39, 0.29) is 11.7 Å². The van der Waals surface area contributed by atoms with Crippen molar-refractivity contribution in [1.29, 1.82) is 0 Å². The van der Waals surface area contributed by atoms with Gasteiger partial charge in [0.15, 0.2) is 0 Å². The van der Waals surface area contributed by atoms with E-state index in [1.165, 1.54) is 6.92 Å². The largest absolute Gasteiger partial charge is 0.328 e. The Hall–Kier alpha value is -1.39. The van der Waals surface area contributed by atoms with Gasteiger partial charge in [0.1, 0.15) is 0 Å². The maximum atomic E-state index is 13.7. The van der Waals surface area contributed by atoms with Crippen LogP contribution in [0.5, 0.6) is 0 Å². The zero-order chi connectivity index (χ0) is 15.1. The number of halogens is 1. The number of aromatic amines is 1. The standard InChI is InChI=1S/C15H25FN2O2/c1-4-6-7-8-10-12(9-5-2)18-14(19)13(16)11(3)17-15(18)20/h12H,4-10H2,1-3H3,(H,17,20). The van der Waals surface area contributed by atoms with Gasteiger partial charge in [-0.15, -0.1) is 0 Å². The second kappa shape index (κ2) is 8.02. The van der Waals surface area contributed by atoms with E-state index < -0.39 is 17.1 Å². The molecule has 1 aromatic heterocycles. The van der Waals surface area contributed by atoms with E-state index in [2.05, 4.69) is 11.9 Å². The molecule has 5 heteroatoms. The van der Waals surface area contributed by atoms with Crippen molar-refractivity contribution in [2.24, 2.45) is 0 Å². The van der Waals surface area contributed by atoms with Crippen LogP contribution in [0.4, 0.5) is 4.39 Å². The van der Waals surface area contributed by atoms with Crippen LogP contribution in [0.25, 0.3) is 0 Å². The van der Waals surface area contributed by atoms with Gasteiger partial charge in [0.25, 0.3) is 5.56 Å². The van der Waals surface area contributed by atoms with Crippen LogP contribution in [0.2, 0.25) is 0 Å². The van der Waals surface area contributed by atoms with Gasteiger partial charge in [-0.05, 0) is 19.8 Å². The molecule has 0 radical (unpaired) electrons. The molecule has 114 valence electrons. The zero-order valence-electron chi connectivity index (χ0n) is 12.7. The van der Waals surface area contributed by atoms with Crippen LogP contribution >= 0.6 is 0 Å². The van der Waals surface area contributed by atoms with Crippen molar-refractivity contribution in [3.05, 3.63) is 32.3 Å². The summed E-state index contributed by atoms with van der Waals surface area (Å²) in [5.41, 5.74) is -1.28. The predicted molar refractivity (Wildman–Crippen MR) is 78.7 cm³/mol. The first-order valence-electron chi connectivity index (χ1n) is 7.53. The lowest BCUT2D eigenvalue weighted by Crippen LogP contribution is -2.40. The minimum absolute atomic E-state index is 0.0116. The first kappa shape index (κ1) is 16.7. The fourth-order valence-electron chi connectivity index (χ4n) is 2.51. The van der Waals surface area contributed by atoms with Gasteiger partial charge in [0.2, 0.25) is 5.82 Å². The molecule has 0 saturated heterocycles. The summed E-state index contributed by atoms with van der Waals surface area (Å²) in [7, 11) is 0. The maximum Gasteiger partial charge on any atom is 0.328 e. The van der Waals surface area contributed by atoms with E-state index >= 15 is 0 Å². The second-order valence-electron chi connectivity index (χ2n) is 5.34. The van der Waals surface area contributed by atoms with E-state index in [1.807, 2.05) is 6.92 Å². The average molecular weight is 284 g/mol. The van der Waals surface area contributed by atoms with Crippen molar-refractivity contribution >= 4 is 0 Å². The Morgan fingerprint density at radius 1 is 1.10 bits per heavy atom. The molecule has 0 fully saturated rings. The van der Waals surface area contributed by atoms with Crippen molar-refractivity contribution in [2.75, 3.05) is 0 Å². The Bertz CT molecular complexity index is 534. The van der Waals surface area contributed by atoms with E-state index in [0.717, 1.165) is 49.5 Å². The molecule has 1 aromatic rings. The van der Waals surface area contributed by atoms with Crippen molar-refractivity contribution in [3.8, 4) is 0 Å². The van der Waals surface area contributed by atoms with Crippen LogP contribution in [0.15, 0.2) is 9.59 Å². The summed E-state index contributed by atoms with van der Waals surface area (Å²) in [6.07, 6.45) is 6.65. The van der Waals surface area contributed by atoms with Crippen molar-refractivity contribution in [3.63, 3.8) is 0 Å². The zero-order valence-corrected chi connectivity index (χ0v) is 12.7. The lowest BCUT2D eigenvalue weighted by Gasteiger charge is -2.18. The quantitative estimate of drug-likeness (QED) is 0.745. The summed E-state index contributed by atoms with van der Waals surface area (Å²) in [4.78, 5) is 26.4. The van der Waals surface area contributed by atoms with E-state index in [9.17, 15) is 14.0 Å². The summed E-state index contributed by atoms with van der Waals surface area (Å²) >= 11 is 0. The summed E-state index contributed by atoms with van der Waals surface area (Å²) in [5.74, 6) is -0.848. The monoisotopic (exact) mass is 284 g/mol. The summed E-state index contributed by atoms with van der Waals surface area (Å²) < 4.78 is 14.8. The fourth-order valence-corrected chi connectivity index (χ4v) is 2.51. The first-order chi connectivity index (χ1) is 9.52. The molecule has 20 heavy (non-hydrogen) atoms. The molecule has 0 aliphatic heterocycles. The number of nitrogens with one attached hydrogen (secondary N) is 1. The molecule has 0 spiro atoms. The summed E-state index contributed by atoms with van der Waals surface area (Å²) in [5, 5.41) is 0. The minimum Gasteiger partial charge on any atom is -0.308 e. The van der Waals surface area contributed by atoms with Crippen molar-refractivity contribution < 1.29 is 4.39 Å². The van der Waals surface area contributed by atoms with Crippen LogP contribution in [-0.4, -0.2) is 9.55 Å². The van der Waals surface area contributed by atoms with Gasteiger partial charge in [-0.2, -0.15) is 4.39 Å². The number of H-pyrrole nitrogens is 1. The molecule has 0 aliphatic carbocycles. The number of unbranched alkanes of at least 4 members (excludes halogenated alkanes) is 3. The lowest BCUT2D eigenvalue weighted by molar-refractivity contribution is 0.375. The smallest absolute Gasteiger partial charge is 0.308 e. The molecule has 0 amide bonds. The molecule has 1 unspecified atom stereocenters. The summed E-state index contributed by atoms with van der Waals surface area (Å²) in [6, 6.07) is -0.205. The van der Waals surface area contributed by atoms with Crippen molar-refractivity contribution in [2.45, 2.75) is 71.8 Å². The third kappa shape index (κ3) is 4.05. The first-order valence-corrected chi connectivity index (χ1v) is 7.53. The molecule has 0 saturated carbocycles. The Kier molecular flexibility index (Phi) is 6.68. The predicted octanol–water partition coefficient (Wildman–Crippen LogP) is 3.30. The molecule has 4 nitrogen and oxygen atoms in total. The third-order valence-electron chi connectivity index (χ3n) is 3.63. The average Bonchev–Trinajstić information content (AvgIpc) is 2.41. The van der Waals surface area contributed by atoms with Crippen LogP contribution in [0.3, 0.4) is 0 Å². The van der Waals surface area contributed by atoms with Gasteiger partial charge >= 0.3 is 5.69 Å². The molecule has 1 heterocycles.